The lowest BCUT2D eigenvalue weighted by atomic mass is 9.75. The fraction of sp³-hybridized carbons (Fsp3) is 0.733. The largest absolute Gasteiger partial charge is 0.453 e. The van der Waals surface area contributed by atoms with Gasteiger partial charge in [0.15, 0.2) is 0 Å². The second kappa shape index (κ2) is 7.11. The predicted octanol–water partition coefficient (Wildman–Crippen LogP) is 2.68. The minimum absolute atomic E-state index is 0.00997. The molecule has 1 aliphatic rings. The molecule has 4 heteroatoms. The molecule has 0 aromatic heterocycles. The highest BCUT2D eigenvalue weighted by Gasteiger charge is 2.35. The molecule has 1 fully saturated rings. The van der Waals surface area contributed by atoms with E-state index in [2.05, 4.69) is 31.5 Å². The van der Waals surface area contributed by atoms with E-state index in [0.29, 0.717) is 17.8 Å². The third-order valence-electron chi connectivity index (χ3n) is 3.85. The number of esters is 1. The molecule has 1 aliphatic carbocycles. The van der Waals surface area contributed by atoms with Gasteiger partial charge in [0.05, 0.1) is 0 Å². The van der Waals surface area contributed by atoms with Crippen LogP contribution in [0.4, 0.5) is 0 Å². The summed E-state index contributed by atoms with van der Waals surface area (Å²) in [6.45, 7) is 6.45. The van der Waals surface area contributed by atoms with E-state index in [1.165, 1.54) is 6.42 Å². The number of hydrogen-bond donors (Lipinski definition) is 0. The van der Waals surface area contributed by atoms with E-state index in [-0.39, 0.29) is 18.2 Å². The van der Waals surface area contributed by atoms with Crippen LogP contribution in [0.2, 0.25) is 0 Å². The number of terminal acetylenes is 1. The first-order valence-electron chi connectivity index (χ1n) is 6.85. The van der Waals surface area contributed by atoms with Gasteiger partial charge in [0.1, 0.15) is 12.5 Å². The molecule has 0 heterocycles. The Morgan fingerprint density at radius 2 is 2.21 bits per heavy atom. The highest BCUT2D eigenvalue weighted by atomic mass is 16.5. The number of carbonyl (C=O) groups is 1. The standard InChI is InChI=1S/C15H22N2O2/c1-5-6-13(17-16)15(18)19-14-9-11(4)7-8-12(14)10(2)3/h1,10-12,14H,6-9H2,2-4H3/t11-,12+,14-/m1/s1. The Hall–Kier alpha value is -1.59. The van der Waals surface area contributed by atoms with E-state index >= 15 is 0 Å². The third-order valence-corrected chi connectivity index (χ3v) is 3.85. The quantitative estimate of drug-likeness (QED) is 0.257. The van der Waals surface area contributed by atoms with Gasteiger partial charge in [-0.15, -0.1) is 6.42 Å². The van der Waals surface area contributed by atoms with Gasteiger partial charge in [-0.2, -0.15) is 4.79 Å². The molecule has 0 bridgehead atoms. The number of rotatable bonds is 4. The monoisotopic (exact) mass is 262 g/mol. The lowest BCUT2D eigenvalue weighted by Crippen LogP contribution is -2.37. The summed E-state index contributed by atoms with van der Waals surface area (Å²) in [5.41, 5.74) is 8.68. The van der Waals surface area contributed by atoms with Crippen molar-refractivity contribution in [1.29, 1.82) is 0 Å². The second-order valence-electron chi connectivity index (χ2n) is 5.70. The minimum atomic E-state index is -0.592. The molecule has 0 unspecified atom stereocenters. The van der Waals surface area contributed by atoms with Crippen molar-refractivity contribution in [2.24, 2.45) is 17.8 Å². The van der Waals surface area contributed by atoms with Crippen molar-refractivity contribution in [3.8, 4) is 12.3 Å². The number of nitrogens with zero attached hydrogens (tertiary/aromatic N) is 2. The van der Waals surface area contributed by atoms with Crippen molar-refractivity contribution in [3.63, 3.8) is 0 Å². The van der Waals surface area contributed by atoms with E-state index in [4.69, 9.17) is 16.7 Å². The van der Waals surface area contributed by atoms with Gasteiger partial charge in [-0.1, -0.05) is 33.1 Å². The van der Waals surface area contributed by atoms with Crippen LogP contribution in [-0.4, -0.2) is 22.6 Å². The van der Waals surface area contributed by atoms with Crippen molar-refractivity contribution in [3.05, 3.63) is 5.53 Å². The van der Waals surface area contributed by atoms with E-state index in [0.717, 1.165) is 12.8 Å². The summed E-state index contributed by atoms with van der Waals surface area (Å²) in [4.78, 5) is 14.8. The zero-order valence-electron chi connectivity index (χ0n) is 11.9. The van der Waals surface area contributed by atoms with Crippen LogP contribution < -0.4 is 0 Å². The number of hydrogen-bond acceptors (Lipinski definition) is 2. The fourth-order valence-corrected chi connectivity index (χ4v) is 2.70. The molecule has 0 aliphatic heterocycles. The van der Waals surface area contributed by atoms with Gasteiger partial charge in [-0.05, 0) is 30.6 Å². The Balaban J connectivity index is 2.74. The van der Waals surface area contributed by atoms with Gasteiger partial charge >= 0.3 is 11.7 Å². The average Bonchev–Trinajstić information content (AvgIpc) is 2.35. The summed E-state index contributed by atoms with van der Waals surface area (Å²) in [7, 11) is 0. The SMILES string of the molecule is C#CCC(=[N+]=[N-])C(=O)O[C@@H]1C[C@H](C)CC[C@H]1C(C)C. The number of carbonyl (C=O) groups excluding carboxylic acids is 1. The zero-order valence-corrected chi connectivity index (χ0v) is 11.9. The molecule has 4 nitrogen and oxygen atoms in total. The normalized spacial score (nSPS) is 26.4. The van der Waals surface area contributed by atoms with Gasteiger partial charge in [0, 0.05) is 0 Å². The van der Waals surface area contributed by atoms with Crippen LogP contribution in [0.15, 0.2) is 0 Å². The summed E-state index contributed by atoms with van der Waals surface area (Å²) >= 11 is 0. The molecule has 0 spiro atoms. The van der Waals surface area contributed by atoms with Crippen LogP contribution in [-0.2, 0) is 9.53 Å². The molecule has 0 aromatic rings. The van der Waals surface area contributed by atoms with Crippen LogP contribution in [0.25, 0.3) is 5.53 Å². The Morgan fingerprint density at radius 1 is 1.53 bits per heavy atom. The first kappa shape index (κ1) is 15.5. The van der Waals surface area contributed by atoms with E-state index in [9.17, 15) is 4.79 Å². The molecule has 0 saturated heterocycles. The molecule has 3 atom stereocenters. The van der Waals surface area contributed by atoms with Gasteiger partial charge in [-0.3, -0.25) is 0 Å². The maximum absolute atomic E-state index is 11.9. The maximum Gasteiger partial charge on any atom is 0.418 e. The van der Waals surface area contributed by atoms with Crippen molar-refractivity contribution < 1.29 is 14.3 Å². The van der Waals surface area contributed by atoms with Gasteiger partial charge < -0.3 is 10.3 Å². The summed E-state index contributed by atoms with van der Waals surface area (Å²) in [6.07, 6.45) is 8.11. The fourth-order valence-electron chi connectivity index (χ4n) is 2.70. The molecular formula is C15H22N2O2. The first-order valence-corrected chi connectivity index (χ1v) is 6.85. The Kier molecular flexibility index (Phi) is 5.79. The predicted molar refractivity (Wildman–Crippen MR) is 73.3 cm³/mol. The third kappa shape index (κ3) is 4.22. The van der Waals surface area contributed by atoms with E-state index < -0.39 is 5.97 Å². The van der Waals surface area contributed by atoms with Gasteiger partial charge in [0.25, 0.3) is 0 Å². The smallest absolute Gasteiger partial charge is 0.418 e. The lowest BCUT2D eigenvalue weighted by molar-refractivity contribution is -0.152. The second-order valence-corrected chi connectivity index (χ2v) is 5.70. The van der Waals surface area contributed by atoms with Crippen LogP contribution in [0.5, 0.6) is 0 Å². The van der Waals surface area contributed by atoms with Crippen molar-refractivity contribution in [2.45, 2.75) is 52.6 Å². The Morgan fingerprint density at radius 3 is 2.74 bits per heavy atom. The molecule has 19 heavy (non-hydrogen) atoms. The van der Waals surface area contributed by atoms with E-state index in [1.54, 1.807) is 0 Å². The molecule has 1 saturated carbocycles. The zero-order chi connectivity index (χ0) is 14.4. The molecule has 104 valence electrons. The van der Waals surface area contributed by atoms with Crippen molar-refractivity contribution in [2.75, 3.05) is 0 Å². The Bertz CT molecular complexity index is 416. The highest BCUT2D eigenvalue weighted by Crippen LogP contribution is 2.35. The summed E-state index contributed by atoms with van der Waals surface area (Å²) in [6, 6.07) is 0. The maximum atomic E-state index is 11.9. The highest BCUT2D eigenvalue weighted by molar-refractivity contribution is 6.34. The Labute approximate surface area is 115 Å². The van der Waals surface area contributed by atoms with Crippen LogP contribution in [0.1, 0.15) is 46.5 Å². The van der Waals surface area contributed by atoms with Crippen molar-refractivity contribution in [1.82, 2.24) is 0 Å². The van der Waals surface area contributed by atoms with Crippen LogP contribution >= 0.6 is 0 Å². The van der Waals surface area contributed by atoms with E-state index in [1.807, 2.05) is 0 Å². The van der Waals surface area contributed by atoms with Crippen molar-refractivity contribution >= 4 is 11.7 Å². The first-order chi connectivity index (χ1) is 8.99. The molecule has 0 N–H and O–H groups in total. The van der Waals surface area contributed by atoms with Gasteiger partial charge in [-0.25, -0.2) is 4.79 Å². The molecule has 0 amide bonds. The summed E-state index contributed by atoms with van der Waals surface area (Å²) < 4.78 is 5.52. The molecule has 1 rings (SSSR count). The summed E-state index contributed by atoms with van der Waals surface area (Å²) in [5, 5.41) is 0. The average molecular weight is 262 g/mol. The minimum Gasteiger partial charge on any atom is -0.453 e. The molecule has 0 radical (unpaired) electrons. The topological polar surface area (TPSA) is 62.7 Å². The van der Waals surface area contributed by atoms with Crippen LogP contribution in [0.3, 0.4) is 0 Å². The van der Waals surface area contributed by atoms with Gasteiger partial charge in [0.2, 0.25) is 0 Å². The molecule has 0 aromatic carbocycles. The number of ether oxygens (including phenoxy) is 1. The summed E-state index contributed by atoms with van der Waals surface area (Å²) in [5.74, 6) is 3.08. The van der Waals surface area contributed by atoms with Crippen LogP contribution in [0, 0.1) is 30.1 Å². The lowest BCUT2D eigenvalue weighted by Gasteiger charge is -2.36. The molecular weight excluding hydrogens is 240 g/mol.